The van der Waals surface area contributed by atoms with Gasteiger partial charge in [-0.25, -0.2) is 0 Å². The zero-order valence-electron chi connectivity index (χ0n) is 85.5. The van der Waals surface area contributed by atoms with Crippen molar-refractivity contribution in [2.45, 2.75) is 592 Å². The van der Waals surface area contributed by atoms with Gasteiger partial charge >= 0.3 is 0 Å². The van der Waals surface area contributed by atoms with E-state index in [9.17, 15) is 28.8 Å². The van der Waals surface area contributed by atoms with Crippen LogP contribution in [0, 0.1) is 0 Å². The molecule has 4 N–H and O–H groups in total. The molecule has 0 aromatic heterocycles. The van der Waals surface area contributed by atoms with Crippen molar-refractivity contribution in [1.82, 2.24) is 21.3 Å². The molecule has 130 heavy (non-hydrogen) atoms. The normalized spacial score (nSPS) is 11.8. The van der Waals surface area contributed by atoms with Crippen molar-refractivity contribution in [3.63, 3.8) is 0 Å². The minimum absolute atomic E-state index is 0.00176. The van der Waals surface area contributed by atoms with E-state index in [2.05, 4.69) is 35.1 Å². The molecule has 5 aromatic rings. The Morgan fingerprint density at radius 1 is 0.169 bits per heavy atom. The molecular weight excluding hydrogens is 1590 g/mol. The monoisotopic (exact) mass is 1800 g/mol. The van der Waals surface area contributed by atoms with Crippen LogP contribution in [0.15, 0.2) is 58.1 Å². The summed E-state index contributed by atoms with van der Waals surface area (Å²) >= 11 is 0. The van der Waals surface area contributed by atoms with E-state index in [-0.39, 0.29) is 47.6 Å². The van der Waals surface area contributed by atoms with Gasteiger partial charge in [-0.15, -0.1) is 0 Å². The number of benzene rings is 3. The quantitative estimate of drug-likeness (QED) is 0.0285. The number of unbranched alkanes of at least 4 members (excludes halogenated alkanes) is 86. The fraction of sp³-hybridized carbons (Fsp3) is 0.800. The van der Waals surface area contributed by atoms with Crippen LogP contribution >= 0.6 is 0 Å². The van der Waals surface area contributed by atoms with Crippen LogP contribution < -0.4 is 32.1 Å². The number of fused-ring (bicyclic) bond motifs is 6. The Morgan fingerprint density at radius 3 is 0.485 bits per heavy atom. The van der Waals surface area contributed by atoms with Crippen LogP contribution in [0.5, 0.6) is 0 Å². The topological polar surface area (TPSA) is 151 Å². The Bertz CT molecular complexity index is 3440. The molecule has 0 unspecified atom stereocenters. The van der Waals surface area contributed by atoms with Crippen molar-refractivity contribution < 1.29 is 19.2 Å². The molecule has 4 amide bonds. The van der Waals surface area contributed by atoms with Gasteiger partial charge in [-0.2, -0.15) is 0 Å². The van der Waals surface area contributed by atoms with Crippen molar-refractivity contribution in [1.29, 1.82) is 0 Å². The molecule has 10 heteroatoms. The minimum Gasteiger partial charge on any atom is -0.354 e. The van der Waals surface area contributed by atoms with E-state index in [0.29, 0.717) is 80.1 Å². The Kier molecular flexibility index (Phi) is 74.9. The maximum atomic E-state index is 14.0. The first-order valence-electron chi connectivity index (χ1n) is 57.9. The van der Waals surface area contributed by atoms with Crippen LogP contribution in [-0.4, -0.2) is 49.8 Å². The lowest BCUT2D eigenvalue weighted by molar-refractivity contribution is -0.122. The van der Waals surface area contributed by atoms with Gasteiger partial charge in [-0.1, -0.05) is 578 Å². The number of hydrogen-bond acceptors (Lipinski definition) is 6. The summed E-state index contributed by atoms with van der Waals surface area (Å²) in [5, 5.41) is 16.0. The molecule has 0 fully saturated rings. The van der Waals surface area contributed by atoms with Crippen LogP contribution in [0.4, 0.5) is 0 Å². The van der Waals surface area contributed by atoms with Gasteiger partial charge in [-0.3, -0.25) is 28.8 Å². The molecule has 0 atom stereocenters. The second-order valence-corrected chi connectivity index (χ2v) is 41.2. The van der Waals surface area contributed by atoms with Gasteiger partial charge in [0.25, 0.3) is 11.8 Å². The van der Waals surface area contributed by atoms with Crippen LogP contribution in [-0.2, 0) is 9.59 Å². The van der Waals surface area contributed by atoms with Gasteiger partial charge < -0.3 is 21.3 Å². The molecule has 0 spiro atoms. The fourth-order valence-electron chi connectivity index (χ4n) is 20.6. The number of carbonyl (C=O) groups is 4. The molecule has 0 bridgehead atoms. The summed E-state index contributed by atoms with van der Waals surface area (Å²) in [7, 11) is 0. The van der Waals surface area contributed by atoms with E-state index in [0.717, 1.165) is 25.7 Å². The molecule has 0 saturated heterocycles. The first-order chi connectivity index (χ1) is 64.2. The highest BCUT2D eigenvalue weighted by Crippen LogP contribution is 2.34. The lowest BCUT2D eigenvalue weighted by Crippen LogP contribution is -2.34. The maximum Gasteiger partial charge on any atom is 0.251 e. The Hall–Kier alpha value is -5.12. The molecular formula is C120H206N4O6. The third-order valence-corrected chi connectivity index (χ3v) is 29.3. The molecule has 0 heterocycles. The highest BCUT2D eigenvalue weighted by molar-refractivity contribution is 6.22. The molecule has 0 saturated carbocycles. The lowest BCUT2D eigenvalue weighted by atomic mass is 10.0. The number of rotatable bonds is 98. The number of nitrogens with one attached hydrogen (secondary N) is 4. The van der Waals surface area contributed by atoms with E-state index in [4.69, 9.17) is 0 Å². The standard InChI is InChI=1S/C120H206N4O6/c1-3-5-7-9-11-13-15-17-19-21-23-25-27-29-31-33-35-37-39-41-43-45-47-48-50-52-54-56-58-60-62-64-66-68-70-72-74-76-78-80-82-84-86-88-90-92-116(126)122-98-100-124-120(130)106-94-96-108-110-104-113-109(103-114(110)118(128)112(108)102-106)107-95-93-105(101-111(107)117(113)127)119(129)123-99-97-121-115(125)91-89-87-85-83-81-79-77-75-73-71-69-67-65-63-61-59-57-55-53-51-49-46-44-42-40-38-36-34-32-30-28-26-24-22-20-18-16-14-12-10-8-6-4-2/h93-96,101-104H,3-92,97-100H2,1-2H3,(H,121,125)(H,122,126)(H,123,129)(H,124,130). The molecule has 5 rings (SSSR count). The van der Waals surface area contributed by atoms with Crippen LogP contribution in [0.1, 0.15) is 612 Å². The molecule has 0 aliphatic heterocycles. The van der Waals surface area contributed by atoms with Crippen molar-refractivity contribution in [3.8, 4) is 0 Å². The predicted octanol–water partition coefficient (Wildman–Crippen LogP) is 36.7. The smallest absolute Gasteiger partial charge is 0.251 e. The second-order valence-electron chi connectivity index (χ2n) is 41.2. The average Bonchev–Trinajstić information content (AvgIpc) is 1.57. The first-order valence-corrected chi connectivity index (χ1v) is 57.9. The van der Waals surface area contributed by atoms with Gasteiger partial charge in [0.05, 0.1) is 0 Å². The van der Waals surface area contributed by atoms with Gasteiger partial charge in [0.15, 0.2) is 10.9 Å². The van der Waals surface area contributed by atoms with Crippen molar-refractivity contribution in [2.75, 3.05) is 26.2 Å². The lowest BCUT2D eigenvalue weighted by Gasteiger charge is -2.08. The highest BCUT2D eigenvalue weighted by atomic mass is 16.2. The SMILES string of the molecule is CCCCCCCCCCCCCCCCCCCCCCCCCCCCCCCCCCCCCCCCCCCCCCCC(=O)NCCNC(=O)c1ccc2c(c1)c(=O)c1cc3c(cc12)c(=O)c1cc(C(=O)NCCNC(=O)CCCCCCCCCCCCCCCCCCCCCCCCCCCCCCCCCCCCCCCCCCCCC)ccc13. The van der Waals surface area contributed by atoms with Gasteiger partial charge in [0.1, 0.15) is 0 Å². The Labute approximate surface area is 800 Å². The molecule has 0 aliphatic rings. The average molecular weight is 1800 g/mol. The van der Waals surface area contributed by atoms with Crippen LogP contribution in [0.2, 0.25) is 0 Å². The minimum atomic E-state index is -0.326. The molecule has 0 aliphatic carbocycles. The van der Waals surface area contributed by atoms with E-state index in [1.165, 1.54) is 539 Å². The second kappa shape index (κ2) is 84.4. The summed E-state index contributed by atoms with van der Waals surface area (Å²) in [5.74, 6) is -0.649. The van der Waals surface area contributed by atoms with Gasteiger partial charge in [0.2, 0.25) is 11.8 Å². The Balaban J connectivity index is 0.728. The summed E-state index contributed by atoms with van der Waals surface area (Å²) in [4.78, 5) is 79.8. The van der Waals surface area contributed by atoms with E-state index in [1.807, 2.05) is 0 Å². The highest BCUT2D eigenvalue weighted by Gasteiger charge is 2.20. The summed E-state index contributed by atoms with van der Waals surface area (Å²) in [5.41, 5.74) is 0.275. The molecule has 742 valence electrons. The van der Waals surface area contributed by atoms with Crippen LogP contribution in [0.3, 0.4) is 0 Å². The van der Waals surface area contributed by atoms with Gasteiger partial charge in [0, 0.05) is 71.7 Å². The largest absolute Gasteiger partial charge is 0.354 e. The number of carbonyl (C=O) groups excluding carboxylic acids is 4. The van der Waals surface area contributed by atoms with Crippen LogP contribution in [0.25, 0.3) is 43.1 Å². The summed E-state index contributed by atoms with van der Waals surface area (Å²) in [6.45, 7) is 5.80. The molecule has 5 aromatic carbocycles. The van der Waals surface area contributed by atoms with E-state index < -0.39 is 0 Å². The number of amides is 4. The zero-order valence-corrected chi connectivity index (χ0v) is 85.5. The van der Waals surface area contributed by atoms with Gasteiger partial charge in [-0.05, 0) is 70.8 Å². The predicted molar refractivity (Wildman–Crippen MR) is 569 cm³/mol. The van der Waals surface area contributed by atoms with Crippen molar-refractivity contribution >= 4 is 66.7 Å². The summed E-state index contributed by atoms with van der Waals surface area (Å²) < 4.78 is 0. The van der Waals surface area contributed by atoms with E-state index in [1.54, 1.807) is 48.5 Å². The molecule has 10 nitrogen and oxygen atoms in total. The number of hydrogen-bond donors (Lipinski definition) is 4. The molecule has 0 radical (unpaired) electrons. The van der Waals surface area contributed by atoms with Crippen molar-refractivity contribution in [3.05, 3.63) is 80.1 Å². The zero-order chi connectivity index (χ0) is 92.2. The fourth-order valence-corrected chi connectivity index (χ4v) is 20.6. The van der Waals surface area contributed by atoms with E-state index >= 15 is 0 Å². The summed E-state index contributed by atoms with van der Waals surface area (Å²) in [6, 6.07) is 13.7. The maximum absolute atomic E-state index is 14.0. The first kappa shape index (κ1) is 115. The summed E-state index contributed by atoms with van der Waals surface area (Å²) in [6.07, 6.45) is 125. The third kappa shape index (κ3) is 59.7. The Morgan fingerprint density at radius 2 is 0.315 bits per heavy atom. The van der Waals surface area contributed by atoms with Crippen molar-refractivity contribution in [2.24, 2.45) is 0 Å². The third-order valence-electron chi connectivity index (χ3n) is 29.3.